The standard InChI is InChI=1S/C16H13F2N5O/c1-8-6-23(7-11(8)15(24)22-16(19)20)13-2-3-21-14-10(13)4-9(17)5-12(14)18/h2-7H,1H3,(H4,19,20,22,24). The van der Waals surface area contributed by atoms with E-state index in [1.165, 1.54) is 18.5 Å². The Morgan fingerprint density at radius 2 is 2.00 bits per heavy atom. The van der Waals surface area contributed by atoms with Crippen molar-refractivity contribution in [3.8, 4) is 5.69 Å². The molecule has 1 aromatic carbocycles. The van der Waals surface area contributed by atoms with Crippen LogP contribution in [0.2, 0.25) is 0 Å². The molecule has 0 saturated heterocycles. The van der Waals surface area contributed by atoms with Crippen molar-refractivity contribution in [2.24, 2.45) is 16.5 Å². The predicted molar refractivity (Wildman–Crippen MR) is 85.9 cm³/mol. The molecular weight excluding hydrogens is 316 g/mol. The number of nitrogens with two attached hydrogens (primary N) is 2. The lowest BCUT2D eigenvalue weighted by Gasteiger charge is -2.08. The smallest absolute Gasteiger partial charge is 0.281 e. The highest BCUT2D eigenvalue weighted by Crippen LogP contribution is 2.25. The van der Waals surface area contributed by atoms with Gasteiger partial charge in [-0.1, -0.05) is 0 Å². The molecule has 2 aromatic heterocycles. The van der Waals surface area contributed by atoms with E-state index < -0.39 is 17.5 Å². The average molecular weight is 329 g/mol. The Balaban J connectivity index is 2.19. The van der Waals surface area contributed by atoms with Crippen LogP contribution >= 0.6 is 0 Å². The van der Waals surface area contributed by atoms with Crippen LogP contribution in [0.5, 0.6) is 0 Å². The predicted octanol–water partition coefficient (Wildman–Crippen LogP) is 2.03. The van der Waals surface area contributed by atoms with Crippen LogP contribution in [0, 0.1) is 18.6 Å². The number of halogens is 2. The van der Waals surface area contributed by atoms with Gasteiger partial charge in [0.25, 0.3) is 5.91 Å². The first-order chi connectivity index (χ1) is 11.4. The number of guanidine groups is 1. The molecule has 122 valence electrons. The van der Waals surface area contributed by atoms with Crippen molar-refractivity contribution in [3.63, 3.8) is 0 Å². The van der Waals surface area contributed by atoms with E-state index in [9.17, 15) is 13.6 Å². The van der Waals surface area contributed by atoms with Crippen molar-refractivity contribution in [3.05, 3.63) is 59.6 Å². The van der Waals surface area contributed by atoms with Gasteiger partial charge >= 0.3 is 0 Å². The van der Waals surface area contributed by atoms with Crippen molar-refractivity contribution < 1.29 is 13.6 Å². The Morgan fingerprint density at radius 3 is 2.71 bits per heavy atom. The summed E-state index contributed by atoms with van der Waals surface area (Å²) in [6, 6.07) is 3.55. The van der Waals surface area contributed by atoms with Crippen LogP contribution < -0.4 is 11.5 Å². The molecule has 2 heterocycles. The van der Waals surface area contributed by atoms with Crippen LogP contribution in [0.3, 0.4) is 0 Å². The molecule has 3 aromatic rings. The lowest BCUT2D eigenvalue weighted by molar-refractivity contribution is 0.100. The Bertz CT molecular complexity index is 990. The summed E-state index contributed by atoms with van der Waals surface area (Å²) in [4.78, 5) is 19.4. The van der Waals surface area contributed by atoms with Crippen LogP contribution in [0.1, 0.15) is 15.9 Å². The molecule has 6 nitrogen and oxygen atoms in total. The molecule has 1 amide bonds. The van der Waals surface area contributed by atoms with Crippen LogP contribution in [-0.2, 0) is 0 Å². The highest BCUT2D eigenvalue weighted by atomic mass is 19.1. The largest absolute Gasteiger partial charge is 0.370 e. The molecule has 0 radical (unpaired) electrons. The fraction of sp³-hybridized carbons (Fsp3) is 0.0625. The first kappa shape index (κ1) is 15.6. The summed E-state index contributed by atoms with van der Waals surface area (Å²) in [5, 5.41) is 0.283. The Labute approximate surface area is 135 Å². The molecule has 0 saturated carbocycles. The number of carbonyl (C=O) groups is 1. The number of amides is 1. The summed E-state index contributed by atoms with van der Waals surface area (Å²) in [5.41, 5.74) is 11.8. The van der Waals surface area contributed by atoms with Gasteiger partial charge < -0.3 is 16.0 Å². The SMILES string of the molecule is Cc1cn(-c2ccnc3c(F)cc(F)cc23)cc1C(=O)N=C(N)N. The minimum atomic E-state index is -0.757. The third kappa shape index (κ3) is 2.69. The van der Waals surface area contributed by atoms with Crippen molar-refractivity contribution in [1.82, 2.24) is 9.55 Å². The third-order valence-corrected chi connectivity index (χ3v) is 3.51. The number of carbonyl (C=O) groups excluding carboxylic acids is 1. The zero-order valence-corrected chi connectivity index (χ0v) is 12.6. The molecule has 0 bridgehead atoms. The minimum Gasteiger partial charge on any atom is -0.370 e. The van der Waals surface area contributed by atoms with Crippen molar-refractivity contribution in [2.45, 2.75) is 6.92 Å². The van der Waals surface area contributed by atoms with Gasteiger partial charge in [-0.3, -0.25) is 9.78 Å². The van der Waals surface area contributed by atoms with Gasteiger partial charge in [-0.25, -0.2) is 8.78 Å². The highest BCUT2D eigenvalue weighted by Gasteiger charge is 2.15. The number of aryl methyl sites for hydroxylation is 1. The van der Waals surface area contributed by atoms with Crippen LogP contribution in [-0.4, -0.2) is 21.4 Å². The molecule has 0 atom stereocenters. The van der Waals surface area contributed by atoms with E-state index in [1.807, 2.05) is 0 Å². The van der Waals surface area contributed by atoms with E-state index in [-0.39, 0.29) is 22.4 Å². The van der Waals surface area contributed by atoms with Crippen molar-refractivity contribution >= 4 is 22.8 Å². The Morgan fingerprint density at radius 1 is 1.25 bits per heavy atom. The van der Waals surface area contributed by atoms with E-state index in [1.54, 1.807) is 23.8 Å². The summed E-state index contributed by atoms with van der Waals surface area (Å²) in [7, 11) is 0. The third-order valence-electron chi connectivity index (χ3n) is 3.51. The topological polar surface area (TPSA) is 99.3 Å². The molecule has 0 fully saturated rings. The molecule has 0 unspecified atom stereocenters. The highest BCUT2D eigenvalue weighted by molar-refractivity contribution is 6.03. The van der Waals surface area contributed by atoms with Gasteiger partial charge in [-0.15, -0.1) is 0 Å². The molecule has 0 spiro atoms. The zero-order chi connectivity index (χ0) is 17.4. The van der Waals surface area contributed by atoms with E-state index in [2.05, 4.69) is 9.98 Å². The summed E-state index contributed by atoms with van der Waals surface area (Å²) in [6.07, 6.45) is 4.56. The maximum absolute atomic E-state index is 13.9. The number of fused-ring (bicyclic) bond motifs is 1. The Hall–Kier alpha value is -3.29. The summed E-state index contributed by atoms with van der Waals surface area (Å²) in [5.74, 6) is -2.41. The van der Waals surface area contributed by atoms with Gasteiger partial charge in [0.2, 0.25) is 0 Å². The van der Waals surface area contributed by atoms with Crippen LogP contribution in [0.15, 0.2) is 41.8 Å². The molecule has 3 rings (SSSR count). The van der Waals surface area contributed by atoms with E-state index >= 15 is 0 Å². The number of aromatic nitrogens is 2. The molecule has 4 N–H and O–H groups in total. The molecule has 0 aliphatic carbocycles. The number of aliphatic imine (C=N–C) groups is 1. The van der Waals surface area contributed by atoms with E-state index in [0.29, 0.717) is 11.3 Å². The summed E-state index contributed by atoms with van der Waals surface area (Å²) < 4.78 is 29.0. The number of hydrogen-bond acceptors (Lipinski definition) is 2. The fourth-order valence-corrected chi connectivity index (χ4v) is 2.49. The van der Waals surface area contributed by atoms with Crippen LogP contribution in [0.25, 0.3) is 16.6 Å². The zero-order valence-electron chi connectivity index (χ0n) is 12.6. The van der Waals surface area contributed by atoms with Crippen molar-refractivity contribution in [1.29, 1.82) is 0 Å². The molecule has 8 heteroatoms. The molecule has 0 aliphatic heterocycles. The number of rotatable bonds is 2. The van der Waals surface area contributed by atoms with Gasteiger partial charge in [0.05, 0.1) is 11.3 Å². The van der Waals surface area contributed by atoms with Crippen LogP contribution in [0.4, 0.5) is 8.78 Å². The van der Waals surface area contributed by atoms with Gasteiger partial charge in [-0.05, 0) is 24.6 Å². The monoisotopic (exact) mass is 329 g/mol. The number of hydrogen-bond donors (Lipinski definition) is 2. The number of benzene rings is 1. The van der Waals surface area contributed by atoms with Gasteiger partial charge in [0.15, 0.2) is 11.8 Å². The fourth-order valence-electron chi connectivity index (χ4n) is 2.49. The molecule has 0 aliphatic rings. The minimum absolute atomic E-state index is 0.0392. The van der Waals surface area contributed by atoms with Gasteiger partial charge in [-0.2, -0.15) is 4.99 Å². The van der Waals surface area contributed by atoms with Crippen molar-refractivity contribution in [2.75, 3.05) is 0 Å². The first-order valence-electron chi connectivity index (χ1n) is 6.93. The van der Waals surface area contributed by atoms with E-state index in [0.717, 1.165) is 6.07 Å². The van der Waals surface area contributed by atoms with Gasteiger partial charge in [0, 0.05) is 30.0 Å². The van der Waals surface area contributed by atoms with Gasteiger partial charge in [0.1, 0.15) is 11.3 Å². The second kappa shape index (κ2) is 5.73. The van der Waals surface area contributed by atoms with E-state index in [4.69, 9.17) is 11.5 Å². The quantitative estimate of drug-likeness (QED) is 0.555. The number of nitrogens with zero attached hydrogens (tertiary/aromatic N) is 3. The summed E-state index contributed by atoms with van der Waals surface area (Å²) in [6.45, 7) is 1.70. The maximum Gasteiger partial charge on any atom is 0.281 e. The average Bonchev–Trinajstić information content (AvgIpc) is 2.87. The lowest BCUT2D eigenvalue weighted by atomic mass is 10.1. The first-order valence-corrected chi connectivity index (χ1v) is 6.93. The molecule has 24 heavy (non-hydrogen) atoms. The lowest BCUT2D eigenvalue weighted by Crippen LogP contribution is -2.24. The summed E-state index contributed by atoms with van der Waals surface area (Å²) >= 11 is 0. The Kier molecular flexibility index (Phi) is 3.72. The normalized spacial score (nSPS) is 10.8. The second-order valence-corrected chi connectivity index (χ2v) is 5.22. The maximum atomic E-state index is 13.9. The molecular formula is C16H13F2N5O. The number of pyridine rings is 1. The second-order valence-electron chi connectivity index (χ2n) is 5.22.